The number of carboxylic acids is 1. The molecule has 0 aliphatic carbocycles. The summed E-state index contributed by atoms with van der Waals surface area (Å²) in [6.07, 6.45) is 3.23. The van der Waals surface area contributed by atoms with E-state index in [1.807, 2.05) is 6.26 Å². The van der Waals surface area contributed by atoms with Gasteiger partial charge in [-0.2, -0.15) is 0 Å². The summed E-state index contributed by atoms with van der Waals surface area (Å²) in [6.45, 7) is 0. The van der Waals surface area contributed by atoms with Crippen molar-refractivity contribution in [1.29, 1.82) is 0 Å². The highest BCUT2D eigenvalue weighted by Gasteiger charge is 2.04. The molecule has 0 radical (unpaired) electrons. The van der Waals surface area contributed by atoms with Gasteiger partial charge in [0.25, 0.3) is 0 Å². The summed E-state index contributed by atoms with van der Waals surface area (Å²) in [5.74, 6) is -1.30. The van der Waals surface area contributed by atoms with Gasteiger partial charge >= 0.3 is 5.97 Å². The third-order valence-corrected chi connectivity index (χ3v) is 2.14. The number of carbonyl (C=O) groups excluding carboxylic acids is 1. The van der Waals surface area contributed by atoms with Crippen molar-refractivity contribution in [2.75, 3.05) is 11.6 Å². The second-order valence-corrected chi connectivity index (χ2v) is 3.66. The maximum Gasteiger partial charge on any atom is 0.335 e. The average Bonchev–Trinajstić information content (AvgIpc) is 2.26. The lowest BCUT2D eigenvalue weighted by molar-refractivity contribution is -0.111. The number of anilines is 1. The van der Waals surface area contributed by atoms with Crippen LogP contribution in [0.25, 0.3) is 0 Å². The van der Waals surface area contributed by atoms with Gasteiger partial charge in [0.15, 0.2) is 0 Å². The number of carbonyl (C=O) groups is 2. The van der Waals surface area contributed by atoms with E-state index in [9.17, 15) is 9.59 Å². The summed E-state index contributed by atoms with van der Waals surface area (Å²) >= 11 is 1.41. The molecule has 2 N–H and O–H groups in total. The summed E-state index contributed by atoms with van der Waals surface area (Å²) < 4.78 is 0. The maximum atomic E-state index is 11.3. The molecule has 1 amide bonds. The van der Waals surface area contributed by atoms with Gasteiger partial charge in [-0.05, 0) is 29.9 Å². The molecule has 1 rings (SSSR count). The quantitative estimate of drug-likeness (QED) is 0.788. The topological polar surface area (TPSA) is 66.4 Å². The molecule has 1 aromatic carbocycles. The van der Waals surface area contributed by atoms with Crippen LogP contribution in [0.2, 0.25) is 0 Å². The molecule has 0 heterocycles. The molecule has 0 saturated carbocycles. The molecule has 0 atom stereocenters. The molecule has 0 aliphatic heterocycles. The number of rotatable bonds is 4. The van der Waals surface area contributed by atoms with Gasteiger partial charge in [-0.3, -0.25) is 4.79 Å². The molecule has 0 saturated heterocycles. The summed E-state index contributed by atoms with van der Waals surface area (Å²) in [6, 6.07) is 6.09. The molecule has 0 unspecified atom stereocenters. The first-order valence-corrected chi connectivity index (χ1v) is 5.76. The maximum absolute atomic E-state index is 11.3. The van der Waals surface area contributed by atoms with Gasteiger partial charge in [0.1, 0.15) is 0 Å². The second-order valence-electron chi connectivity index (χ2n) is 2.91. The van der Waals surface area contributed by atoms with Crippen LogP contribution < -0.4 is 5.32 Å². The number of hydrogen-bond donors (Lipinski definition) is 2. The van der Waals surface area contributed by atoms with E-state index in [0.29, 0.717) is 5.69 Å². The van der Waals surface area contributed by atoms with Crippen LogP contribution in [0.1, 0.15) is 10.4 Å². The minimum atomic E-state index is -1.02. The van der Waals surface area contributed by atoms with E-state index in [2.05, 4.69) is 5.32 Å². The van der Waals surface area contributed by atoms with Crippen molar-refractivity contribution in [1.82, 2.24) is 0 Å². The Morgan fingerprint density at radius 3 is 2.81 bits per heavy atom. The Morgan fingerprint density at radius 1 is 1.44 bits per heavy atom. The highest BCUT2D eigenvalue weighted by atomic mass is 32.2. The van der Waals surface area contributed by atoms with Crippen molar-refractivity contribution in [3.63, 3.8) is 0 Å². The minimum absolute atomic E-state index is 0.145. The zero-order valence-electron chi connectivity index (χ0n) is 8.64. The van der Waals surface area contributed by atoms with E-state index in [1.54, 1.807) is 17.5 Å². The first kappa shape index (κ1) is 12.3. The lowest BCUT2D eigenvalue weighted by atomic mass is 10.2. The summed E-state index contributed by atoms with van der Waals surface area (Å²) in [7, 11) is 0. The molecule has 1 aromatic rings. The van der Waals surface area contributed by atoms with Crippen LogP contribution in [0.3, 0.4) is 0 Å². The molecule has 0 spiro atoms. The molecule has 0 fully saturated rings. The van der Waals surface area contributed by atoms with Crippen LogP contribution in [0, 0.1) is 0 Å². The van der Waals surface area contributed by atoms with E-state index in [-0.39, 0.29) is 11.5 Å². The third-order valence-electron chi connectivity index (χ3n) is 1.73. The molecule has 0 aromatic heterocycles. The highest BCUT2D eigenvalue weighted by Crippen LogP contribution is 2.10. The number of thioether (sulfide) groups is 1. The zero-order chi connectivity index (χ0) is 12.0. The van der Waals surface area contributed by atoms with Crippen molar-refractivity contribution in [3.8, 4) is 0 Å². The van der Waals surface area contributed by atoms with Gasteiger partial charge in [-0.15, -0.1) is 11.8 Å². The standard InChI is InChI=1S/C11H11NO3S/c1-16-6-5-10(13)12-9-4-2-3-8(7-9)11(14)15/h2-7H,1H3,(H,12,13)(H,14,15)/b6-5+. The minimum Gasteiger partial charge on any atom is -0.478 e. The van der Waals surface area contributed by atoms with Crippen molar-refractivity contribution in [2.24, 2.45) is 0 Å². The van der Waals surface area contributed by atoms with Gasteiger partial charge < -0.3 is 10.4 Å². The highest BCUT2D eigenvalue weighted by molar-refractivity contribution is 8.01. The SMILES string of the molecule is CS/C=C/C(=O)Nc1cccc(C(=O)O)c1. The first-order chi connectivity index (χ1) is 7.63. The molecular formula is C11H11NO3S. The van der Waals surface area contributed by atoms with Crippen molar-refractivity contribution >= 4 is 29.3 Å². The Hall–Kier alpha value is -1.75. The van der Waals surface area contributed by atoms with Gasteiger partial charge in [0.2, 0.25) is 5.91 Å². The van der Waals surface area contributed by atoms with Crippen molar-refractivity contribution in [2.45, 2.75) is 0 Å². The third kappa shape index (κ3) is 3.78. The monoisotopic (exact) mass is 237 g/mol. The number of nitrogens with one attached hydrogen (secondary N) is 1. The number of benzene rings is 1. The van der Waals surface area contributed by atoms with E-state index >= 15 is 0 Å². The Balaban J connectivity index is 2.74. The Morgan fingerprint density at radius 2 is 2.19 bits per heavy atom. The van der Waals surface area contributed by atoms with Crippen LogP contribution in [-0.2, 0) is 4.79 Å². The first-order valence-electron chi connectivity index (χ1n) is 4.47. The zero-order valence-corrected chi connectivity index (χ0v) is 9.45. The van der Waals surface area contributed by atoms with E-state index in [1.165, 1.54) is 30.0 Å². The number of carboxylic acid groups (broad SMARTS) is 1. The predicted octanol–water partition coefficient (Wildman–Crippen LogP) is 2.20. The van der Waals surface area contributed by atoms with E-state index < -0.39 is 5.97 Å². The summed E-state index contributed by atoms with van der Waals surface area (Å²) in [5.41, 5.74) is 0.613. The Bertz CT molecular complexity index is 429. The lowest BCUT2D eigenvalue weighted by Gasteiger charge is -2.02. The van der Waals surface area contributed by atoms with Gasteiger partial charge in [0, 0.05) is 11.8 Å². The lowest BCUT2D eigenvalue weighted by Crippen LogP contribution is -2.08. The fourth-order valence-electron chi connectivity index (χ4n) is 1.04. The summed E-state index contributed by atoms with van der Waals surface area (Å²) in [5, 5.41) is 13.0. The van der Waals surface area contributed by atoms with Crippen LogP contribution in [0.4, 0.5) is 5.69 Å². The Labute approximate surface area is 97.4 Å². The number of amides is 1. The van der Waals surface area contributed by atoms with Crippen molar-refractivity contribution in [3.05, 3.63) is 41.3 Å². The predicted molar refractivity (Wildman–Crippen MR) is 64.7 cm³/mol. The fourth-order valence-corrected chi connectivity index (χ4v) is 1.30. The molecular weight excluding hydrogens is 226 g/mol. The molecule has 0 aliphatic rings. The van der Waals surface area contributed by atoms with E-state index in [0.717, 1.165) is 0 Å². The van der Waals surface area contributed by atoms with Crippen LogP contribution >= 0.6 is 11.8 Å². The Kier molecular flexibility index (Phi) is 4.60. The molecule has 5 heteroatoms. The van der Waals surface area contributed by atoms with Crippen LogP contribution in [0.5, 0.6) is 0 Å². The van der Waals surface area contributed by atoms with Gasteiger partial charge in [-0.25, -0.2) is 4.79 Å². The van der Waals surface area contributed by atoms with Crippen LogP contribution in [-0.4, -0.2) is 23.2 Å². The van der Waals surface area contributed by atoms with E-state index in [4.69, 9.17) is 5.11 Å². The van der Waals surface area contributed by atoms with Gasteiger partial charge in [-0.1, -0.05) is 6.07 Å². The molecule has 0 bridgehead atoms. The number of aromatic carboxylic acids is 1. The normalized spacial score (nSPS) is 10.3. The second kappa shape index (κ2) is 5.97. The molecule has 16 heavy (non-hydrogen) atoms. The smallest absolute Gasteiger partial charge is 0.335 e. The van der Waals surface area contributed by atoms with Crippen LogP contribution in [0.15, 0.2) is 35.7 Å². The average molecular weight is 237 g/mol. The largest absolute Gasteiger partial charge is 0.478 e. The summed E-state index contributed by atoms with van der Waals surface area (Å²) in [4.78, 5) is 22.0. The molecule has 84 valence electrons. The van der Waals surface area contributed by atoms with Crippen molar-refractivity contribution < 1.29 is 14.7 Å². The number of hydrogen-bond acceptors (Lipinski definition) is 3. The fraction of sp³-hybridized carbons (Fsp3) is 0.0909. The van der Waals surface area contributed by atoms with Gasteiger partial charge in [0.05, 0.1) is 5.56 Å². The molecule has 4 nitrogen and oxygen atoms in total.